The van der Waals surface area contributed by atoms with E-state index in [0.717, 1.165) is 125 Å². The van der Waals surface area contributed by atoms with Gasteiger partial charge >= 0.3 is 0 Å². The monoisotopic (exact) mass is 1100 g/mol. The van der Waals surface area contributed by atoms with E-state index < -0.39 is 17.9 Å². The highest BCUT2D eigenvalue weighted by atomic mass is 32.1. The quantitative estimate of drug-likeness (QED) is 0.0330. The number of unbranched alkanes of at least 4 members (excludes halogenated alkanes) is 6. The Hall–Kier alpha value is -7.06. The predicted molar refractivity (Wildman–Crippen MR) is 300 cm³/mol. The number of benzene rings is 2. The lowest BCUT2D eigenvalue weighted by molar-refractivity contribution is -0.139. The lowest BCUT2D eigenvalue weighted by Crippen LogP contribution is -2.55. The molecule has 18 nitrogen and oxygen atoms in total. The van der Waals surface area contributed by atoms with Crippen LogP contribution in [0.5, 0.6) is 5.75 Å². The first-order valence-corrected chi connectivity index (χ1v) is 29.4. The van der Waals surface area contributed by atoms with E-state index in [0.29, 0.717) is 80.1 Å². The summed E-state index contributed by atoms with van der Waals surface area (Å²) in [6, 6.07) is 10.4. The van der Waals surface area contributed by atoms with Crippen molar-refractivity contribution in [1.29, 1.82) is 0 Å². The second kappa shape index (κ2) is 25.8. The zero-order chi connectivity index (χ0) is 54.8. The van der Waals surface area contributed by atoms with Gasteiger partial charge in [-0.05, 0) is 102 Å². The zero-order valence-electron chi connectivity index (χ0n) is 45.4. The standard InChI is InChI=1S/C59H73FN12O6S/c1-38(61-2)56(75)68-52(40-15-9-8-10-16-40)59(77)71-25-14-19-49(71)57-67-48(37-79-57)53(74)41-17-13-18-44(31-41)78-30-12-7-5-3-4-6-11-20-51(73)69-26-28-70(29-27-69)58(76)42-23-24-46(45(60)32-42)65-54-55-62-35-50(43-33-63-64-34-43)72(55)36-47(66-54)39-21-22-39/h13,17-18,23-24,31-40,49,52,61H,3-12,14-16,19-22,25-30H2,1-2H3,(H,63,64)(H,65,66)(H,68,75)/t38-,49-,52-/m0/s1. The van der Waals surface area contributed by atoms with Gasteiger partial charge in [0, 0.05) is 79.5 Å². The Labute approximate surface area is 464 Å². The number of aromatic amines is 1. The number of fused-ring (bicyclic) bond motifs is 1. The summed E-state index contributed by atoms with van der Waals surface area (Å²) in [4.78, 5) is 87.2. The number of likely N-dealkylation sites (tertiary alicyclic amines) is 1. The van der Waals surface area contributed by atoms with Crippen LogP contribution in [0.1, 0.15) is 165 Å². The van der Waals surface area contributed by atoms with Gasteiger partial charge in [0.05, 0.1) is 48.2 Å². The van der Waals surface area contributed by atoms with Crippen LogP contribution in [-0.2, 0) is 14.4 Å². The smallest absolute Gasteiger partial charge is 0.254 e. The van der Waals surface area contributed by atoms with E-state index in [1.807, 2.05) is 32.5 Å². The van der Waals surface area contributed by atoms with Crippen molar-refractivity contribution in [3.63, 3.8) is 0 Å². The largest absolute Gasteiger partial charge is 0.494 e. The molecule has 0 unspecified atom stereocenters. The summed E-state index contributed by atoms with van der Waals surface area (Å²) in [6.45, 7) is 4.58. The van der Waals surface area contributed by atoms with E-state index in [1.54, 1.807) is 67.1 Å². The highest BCUT2D eigenvalue weighted by Gasteiger charge is 2.40. The first-order chi connectivity index (χ1) is 38.5. The molecule has 6 heterocycles. The predicted octanol–water partition coefficient (Wildman–Crippen LogP) is 9.39. The normalized spacial score (nSPS) is 17.7. The number of rotatable bonds is 24. The number of hydrogen-bond acceptors (Lipinski definition) is 13. The minimum absolute atomic E-state index is 0.0541. The molecule has 4 aliphatic rings. The number of carbonyl (C=O) groups excluding carboxylic acids is 5. The SMILES string of the molecule is CN[C@@H](C)C(=O)N[C@H](C(=O)N1CCC[C@H]1c1nc(C(=O)c2cccc(OCCCCCCCCCC(=O)N3CCN(C(=O)c4ccc(Nc5nc(C6CC6)cn6c(-c7cn[nH]c7)cnc56)c(F)c4)CC3)c2)cs1)C1CCCCC1. The molecule has 0 bridgehead atoms. The Balaban J connectivity index is 0.605. The number of imidazole rings is 1. The lowest BCUT2D eigenvalue weighted by atomic mass is 9.83. The maximum atomic E-state index is 15.7. The fourth-order valence-electron chi connectivity index (χ4n) is 11.2. The van der Waals surface area contributed by atoms with E-state index in [4.69, 9.17) is 14.7 Å². The summed E-state index contributed by atoms with van der Waals surface area (Å²) in [5.41, 5.74) is 4.46. The fourth-order valence-corrected chi connectivity index (χ4v) is 12.2. The van der Waals surface area contributed by atoms with Gasteiger partial charge in [-0.25, -0.2) is 19.3 Å². The lowest BCUT2D eigenvalue weighted by Gasteiger charge is -2.35. The van der Waals surface area contributed by atoms with Crippen LogP contribution in [0.15, 0.2) is 72.6 Å². The third-order valence-corrected chi connectivity index (χ3v) is 17.1. The number of ketones is 1. The van der Waals surface area contributed by atoms with Crippen LogP contribution in [0.2, 0.25) is 0 Å². The molecule has 3 atom stereocenters. The molecular weight excluding hydrogens is 1020 g/mol. The molecule has 2 aliphatic heterocycles. The number of amides is 4. The van der Waals surface area contributed by atoms with Crippen molar-refractivity contribution in [3.05, 3.63) is 106 Å². The molecule has 79 heavy (non-hydrogen) atoms. The van der Waals surface area contributed by atoms with E-state index in [-0.39, 0.29) is 52.6 Å². The van der Waals surface area contributed by atoms with E-state index in [9.17, 15) is 24.0 Å². The number of aromatic nitrogens is 6. The summed E-state index contributed by atoms with van der Waals surface area (Å²) in [5, 5.41) is 18.7. The average molecular weight is 1100 g/mol. The fraction of sp³-hybridized carbons (Fsp3) is 0.508. The second-order valence-electron chi connectivity index (χ2n) is 21.7. The van der Waals surface area contributed by atoms with Gasteiger partial charge in [0.1, 0.15) is 28.3 Å². The van der Waals surface area contributed by atoms with Crippen molar-refractivity contribution in [2.75, 3.05) is 51.7 Å². The van der Waals surface area contributed by atoms with Gasteiger partial charge in [0.25, 0.3) is 5.91 Å². The molecule has 10 rings (SSSR count). The zero-order valence-corrected chi connectivity index (χ0v) is 46.2. The summed E-state index contributed by atoms with van der Waals surface area (Å²) >= 11 is 1.41. The Morgan fingerprint density at radius 2 is 1.61 bits per heavy atom. The van der Waals surface area contributed by atoms with Crippen LogP contribution in [-0.4, -0.2) is 132 Å². The Bertz CT molecular complexity index is 3090. The van der Waals surface area contributed by atoms with Crippen molar-refractivity contribution >= 4 is 57.9 Å². The summed E-state index contributed by atoms with van der Waals surface area (Å²) in [6.07, 6.45) is 23.3. The summed E-state index contributed by atoms with van der Waals surface area (Å²) in [7, 11) is 1.74. The van der Waals surface area contributed by atoms with Crippen molar-refractivity contribution < 1.29 is 33.1 Å². The van der Waals surface area contributed by atoms with Gasteiger partial charge in [-0.1, -0.05) is 63.5 Å². The van der Waals surface area contributed by atoms with E-state index in [2.05, 4.69) is 31.1 Å². The molecule has 2 aliphatic carbocycles. The number of nitrogens with zero attached hydrogens (tertiary/aromatic N) is 8. The second-order valence-corrected chi connectivity index (χ2v) is 22.6. The van der Waals surface area contributed by atoms with Crippen LogP contribution >= 0.6 is 11.3 Å². The highest BCUT2D eigenvalue weighted by molar-refractivity contribution is 7.10. The van der Waals surface area contributed by atoms with Gasteiger partial charge in [-0.3, -0.25) is 33.5 Å². The number of anilines is 2. The number of nitrogens with one attached hydrogen (secondary N) is 4. The molecule has 2 aromatic carbocycles. The van der Waals surface area contributed by atoms with Crippen molar-refractivity contribution in [3.8, 4) is 17.0 Å². The van der Waals surface area contributed by atoms with Crippen molar-refractivity contribution in [1.82, 2.24) is 54.9 Å². The molecule has 0 radical (unpaired) electrons. The van der Waals surface area contributed by atoms with Crippen molar-refractivity contribution in [2.24, 2.45) is 5.92 Å². The van der Waals surface area contributed by atoms with E-state index in [1.165, 1.54) is 17.4 Å². The minimum atomic E-state index is -0.580. The average Bonchev–Trinajstić information content (AvgIpc) is 4.04. The molecule has 2 saturated carbocycles. The first-order valence-electron chi connectivity index (χ1n) is 28.5. The number of thiazole rings is 1. The molecule has 4 fully saturated rings. The molecule has 0 spiro atoms. The van der Waals surface area contributed by atoms with Crippen LogP contribution in [0.4, 0.5) is 15.9 Å². The van der Waals surface area contributed by atoms with Crippen molar-refractivity contribution in [2.45, 2.75) is 140 Å². The molecule has 20 heteroatoms. The first kappa shape index (κ1) is 55.3. The molecule has 6 aromatic rings. The number of carbonyl (C=O) groups is 5. The number of ether oxygens (including phenoxy) is 1. The molecule has 4 amide bonds. The molecule has 418 valence electrons. The summed E-state index contributed by atoms with van der Waals surface area (Å²) in [5.74, 6) is 0.345. The number of likely N-dealkylation sites (N-methyl/N-ethyl adjacent to an activating group) is 1. The Morgan fingerprint density at radius 3 is 2.35 bits per heavy atom. The van der Waals surface area contributed by atoms with Crippen LogP contribution in [0.25, 0.3) is 16.9 Å². The Kier molecular flexibility index (Phi) is 18.1. The molecule has 4 aromatic heterocycles. The van der Waals surface area contributed by atoms with Gasteiger partial charge in [0.15, 0.2) is 11.5 Å². The van der Waals surface area contributed by atoms with E-state index >= 15 is 4.39 Å². The number of halogens is 1. The number of H-pyrrole nitrogens is 1. The van der Waals surface area contributed by atoms with Gasteiger partial charge in [-0.15, -0.1) is 11.3 Å². The third kappa shape index (κ3) is 13.3. The number of hydrogen-bond donors (Lipinski definition) is 4. The molecule has 4 N–H and O–H groups in total. The third-order valence-electron chi connectivity index (χ3n) is 16.2. The highest BCUT2D eigenvalue weighted by Crippen LogP contribution is 2.41. The van der Waals surface area contributed by atoms with Crippen LogP contribution in [0.3, 0.4) is 0 Å². The topological polar surface area (TPSA) is 212 Å². The van der Waals surface area contributed by atoms with Crippen LogP contribution in [0, 0.1) is 11.7 Å². The van der Waals surface area contributed by atoms with Crippen LogP contribution < -0.4 is 20.7 Å². The molecule has 2 saturated heterocycles. The van der Waals surface area contributed by atoms with Gasteiger partial charge in [-0.2, -0.15) is 5.10 Å². The summed E-state index contributed by atoms with van der Waals surface area (Å²) < 4.78 is 23.7. The minimum Gasteiger partial charge on any atom is -0.494 e. The maximum absolute atomic E-state index is 15.7. The van der Waals surface area contributed by atoms with Gasteiger partial charge in [0.2, 0.25) is 23.5 Å². The van der Waals surface area contributed by atoms with Gasteiger partial charge < -0.3 is 35.4 Å². The Morgan fingerprint density at radius 1 is 0.835 bits per heavy atom. The molecular formula is C59H73FN12O6S. The number of piperazine rings is 1. The maximum Gasteiger partial charge on any atom is 0.254 e.